The van der Waals surface area contributed by atoms with E-state index < -0.39 is 0 Å². The molecule has 1 heterocycles. The van der Waals surface area contributed by atoms with E-state index >= 15 is 0 Å². The van der Waals surface area contributed by atoms with Crippen LogP contribution < -0.4 is 11.1 Å². The van der Waals surface area contributed by atoms with E-state index in [1.54, 1.807) is 18.5 Å². The monoisotopic (exact) mass is 311 g/mol. The first-order valence-electron chi connectivity index (χ1n) is 7.29. The average molecular weight is 311 g/mol. The van der Waals surface area contributed by atoms with Gasteiger partial charge in [-0.1, -0.05) is 24.3 Å². The molecule has 23 heavy (non-hydrogen) atoms. The van der Waals surface area contributed by atoms with Crippen molar-refractivity contribution in [2.75, 3.05) is 19.8 Å². The minimum absolute atomic E-state index is 0.165. The van der Waals surface area contributed by atoms with E-state index in [4.69, 9.17) is 5.73 Å². The van der Waals surface area contributed by atoms with Gasteiger partial charge in [0.15, 0.2) is 0 Å². The summed E-state index contributed by atoms with van der Waals surface area (Å²) in [5.41, 5.74) is 8.45. The number of nitrogens with zero attached hydrogens (tertiary/aromatic N) is 3. The topological polar surface area (TPSA) is 84.1 Å². The Morgan fingerprint density at radius 2 is 1.87 bits per heavy atom. The summed E-state index contributed by atoms with van der Waals surface area (Å²) in [4.78, 5) is 21.8. The van der Waals surface area contributed by atoms with Gasteiger partial charge < -0.3 is 16.0 Å². The molecule has 120 valence electrons. The quantitative estimate of drug-likeness (QED) is 0.789. The molecule has 0 unspecified atom stereocenters. The summed E-state index contributed by atoms with van der Waals surface area (Å²) < 4.78 is 0. The summed E-state index contributed by atoms with van der Waals surface area (Å²) in [5, 5.41) is 2.88. The molecule has 0 saturated heterocycles. The van der Waals surface area contributed by atoms with Crippen molar-refractivity contribution in [1.82, 2.24) is 20.2 Å². The van der Waals surface area contributed by atoms with Gasteiger partial charge in [-0.2, -0.15) is 0 Å². The second-order valence-electron chi connectivity index (χ2n) is 5.43. The fourth-order valence-corrected chi connectivity index (χ4v) is 2.07. The first kappa shape index (κ1) is 16.6. The third-order valence-electron chi connectivity index (χ3n) is 3.18. The zero-order chi connectivity index (χ0) is 16.7. The van der Waals surface area contributed by atoms with Gasteiger partial charge in [0, 0.05) is 37.1 Å². The molecule has 3 N–H and O–H groups in total. The summed E-state index contributed by atoms with van der Waals surface area (Å²) in [6.45, 7) is 1.33. The molecule has 6 nitrogen and oxygen atoms in total. The number of rotatable bonds is 6. The first-order chi connectivity index (χ1) is 11.0. The molecule has 1 aromatic carbocycles. The van der Waals surface area contributed by atoms with Crippen LogP contribution in [-0.4, -0.2) is 34.9 Å². The van der Waals surface area contributed by atoms with Crippen LogP contribution >= 0.6 is 0 Å². The predicted octanol–water partition coefficient (Wildman–Crippen LogP) is 1.45. The van der Waals surface area contributed by atoms with Gasteiger partial charge in [0.05, 0.1) is 0 Å². The Kier molecular flexibility index (Phi) is 5.82. The highest BCUT2D eigenvalue weighted by molar-refractivity contribution is 5.91. The molecule has 0 aliphatic heterocycles. The largest absolute Gasteiger partial charge is 0.368 e. The van der Waals surface area contributed by atoms with Crippen molar-refractivity contribution >= 4 is 17.9 Å². The molecule has 1 amide bonds. The number of hydrogen-bond donors (Lipinski definition) is 2. The average Bonchev–Trinajstić information content (AvgIpc) is 2.53. The van der Waals surface area contributed by atoms with E-state index in [0.29, 0.717) is 6.54 Å². The van der Waals surface area contributed by atoms with Crippen LogP contribution in [0.15, 0.2) is 42.7 Å². The van der Waals surface area contributed by atoms with Crippen LogP contribution in [0.25, 0.3) is 6.08 Å². The van der Waals surface area contributed by atoms with Gasteiger partial charge >= 0.3 is 0 Å². The van der Waals surface area contributed by atoms with Gasteiger partial charge in [-0.25, -0.2) is 9.97 Å². The van der Waals surface area contributed by atoms with Crippen LogP contribution in [0.5, 0.6) is 0 Å². The van der Waals surface area contributed by atoms with Crippen molar-refractivity contribution in [3.05, 3.63) is 59.4 Å². The Morgan fingerprint density at radius 3 is 2.52 bits per heavy atom. The van der Waals surface area contributed by atoms with Crippen LogP contribution in [0.1, 0.15) is 16.7 Å². The summed E-state index contributed by atoms with van der Waals surface area (Å²) in [7, 11) is 4.04. The Morgan fingerprint density at radius 1 is 1.22 bits per heavy atom. The summed E-state index contributed by atoms with van der Waals surface area (Å²) in [6.07, 6.45) is 6.25. The van der Waals surface area contributed by atoms with Crippen LogP contribution in [0, 0.1) is 0 Å². The molecule has 0 spiro atoms. The van der Waals surface area contributed by atoms with E-state index in [0.717, 1.165) is 17.7 Å². The van der Waals surface area contributed by atoms with Crippen LogP contribution in [0.2, 0.25) is 0 Å². The Bertz CT molecular complexity index is 680. The lowest BCUT2D eigenvalue weighted by atomic mass is 10.1. The number of nitrogens with one attached hydrogen (secondary N) is 1. The molecule has 0 radical (unpaired) electrons. The SMILES string of the molecule is CN(C)Cc1ccccc1CNC(=O)/C=C/c1cnc(N)nc1. The molecule has 0 fully saturated rings. The number of benzene rings is 1. The lowest BCUT2D eigenvalue weighted by Crippen LogP contribution is -2.22. The molecule has 1 aromatic heterocycles. The molecular weight excluding hydrogens is 290 g/mol. The predicted molar refractivity (Wildman–Crippen MR) is 91.2 cm³/mol. The minimum Gasteiger partial charge on any atom is -0.368 e. The fourth-order valence-electron chi connectivity index (χ4n) is 2.07. The third kappa shape index (κ3) is 5.52. The van der Waals surface area contributed by atoms with E-state index in [-0.39, 0.29) is 11.9 Å². The number of carbonyl (C=O) groups is 1. The highest BCUT2D eigenvalue weighted by atomic mass is 16.1. The Balaban J connectivity index is 1.93. The lowest BCUT2D eigenvalue weighted by molar-refractivity contribution is -0.116. The van der Waals surface area contributed by atoms with Crippen molar-refractivity contribution in [3.8, 4) is 0 Å². The van der Waals surface area contributed by atoms with Gasteiger partial charge in [-0.3, -0.25) is 4.79 Å². The summed E-state index contributed by atoms with van der Waals surface area (Å²) >= 11 is 0. The maximum Gasteiger partial charge on any atom is 0.244 e. The van der Waals surface area contributed by atoms with Crippen molar-refractivity contribution in [3.63, 3.8) is 0 Å². The van der Waals surface area contributed by atoms with E-state index in [1.807, 2.05) is 32.3 Å². The highest BCUT2D eigenvalue weighted by Gasteiger charge is 2.04. The van der Waals surface area contributed by atoms with Gasteiger partial charge in [-0.05, 0) is 31.3 Å². The molecule has 0 aliphatic rings. The smallest absolute Gasteiger partial charge is 0.244 e. The highest BCUT2D eigenvalue weighted by Crippen LogP contribution is 2.10. The van der Waals surface area contributed by atoms with E-state index in [9.17, 15) is 4.79 Å². The van der Waals surface area contributed by atoms with Gasteiger partial charge in [0.2, 0.25) is 11.9 Å². The number of amides is 1. The van der Waals surface area contributed by atoms with Crippen LogP contribution in [0.3, 0.4) is 0 Å². The molecule has 0 bridgehead atoms. The Hall–Kier alpha value is -2.73. The standard InChI is InChI=1S/C17H21N5O/c1-22(2)12-15-6-4-3-5-14(15)11-19-16(23)8-7-13-9-20-17(18)21-10-13/h3-10H,11-12H2,1-2H3,(H,19,23)(H2,18,20,21)/b8-7+. The fraction of sp³-hybridized carbons (Fsp3) is 0.235. The van der Waals surface area contributed by atoms with E-state index in [1.165, 1.54) is 11.6 Å². The summed E-state index contributed by atoms with van der Waals surface area (Å²) in [5.74, 6) is 0.0468. The maximum atomic E-state index is 11.9. The van der Waals surface area contributed by atoms with Crippen LogP contribution in [-0.2, 0) is 17.9 Å². The van der Waals surface area contributed by atoms with Gasteiger partial charge in [-0.15, -0.1) is 0 Å². The van der Waals surface area contributed by atoms with Crippen molar-refractivity contribution in [2.24, 2.45) is 0 Å². The van der Waals surface area contributed by atoms with Gasteiger partial charge in [0.1, 0.15) is 0 Å². The summed E-state index contributed by atoms with van der Waals surface area (Å²) in [6, 6.07) is 8.08. The molecular formula is C17H21N5O. The number of hydrogen-bond acceptors (Lipinski definition) is 5. The van der Waals surface area contributed by atoms with Crippen LogP contribution in [0.4, 0.5) is 5.95 Å². The number of nitrogens with two attached hydrogens (primary N) is 1. The number of anilines is 1. The lowest BCUT2D eigenvalue weighted by Gasteiger charge is -2.14. The van der Waals surface area contributed by atoms with E-state index in [2.05, 4.69) is 26.3 Å². The number of carbonyl (C=O) groups excluding carboxylic acids is 1. The zero-order valence-corrected chi connectivity index (χ0v) is 13.4. The van der Waals surface area contributed by atoms with Crippen molar-refractivity contribution in [2.45, 2.75) is 13.1 Å². The normalized spacial score (nSPS) is 11.1. The number of nitrogen functional groups attached to an aromatic ring is 1. The molecule has 2 aromatic rings. The molecule has 0 aliphatic carbocycles. The second kappa shape index (κ2) is 8.05. The minimum atomic E-state index is -0.165. The first-order valence-corrected chi connectivity index (χ1v) is 7.29. The van der Waals surface area contributed by atoms with Gasteiger partial charge in [0.25, 0.3) is 0 Å². The number of aromatic nitrogens is 2. The third-order valence-corrected chi connectivity index (χ3v) is 3.18. The zero-order valence-electron chi connectivity index (χ0n) is 13.4. The Labute approximate surface area is 136 Å². The maximum absolute atomic E-state index is 11.9. The molecule has 6 heteroatoms. The molecule has 2 rings (SSSR count). The second-order valence-corrected chi connectivity index (χ2v) is 5.43. The molecule has 0 saturated carbocycles. The molecule has 0 atom stereocenters. The van der Waals surface area contributed by atoms with Crippen molar-refractivity contribution in [1.29, 1.82) is 0 Å². The van der Waals surface area contributed by atoms with Crippen molar-refractivity contribution < 1.29 is 4.79 Å².